The summed E-state index contributed by atoms with van der Waals surface area (Å²) in [6.45, 7) is 6.66. The maximum atomic E-state index is 15.0. The number of Topliss-reactive ketones (excluding diaryl/α,β-unsaturated/α-hetero) is 1. The molecule has 586 valence electrons. The van der Waals surface area contributed by atoms with E-state index >= 15 is 4.79 Å². The number of aromatic nitrogens is 1. The largest absolute Gasteiger partial charge is 0.391 e. The second-order valence-electron chi connectivity index (χ2n) is 27.4. The van der Waals surface area contributed by atoms with E-state index in [1.54, 1.807) is 36.5 Å². The molecule has 2 aliphatic heterocycles. The number of rotatable bonds is 44. The number of hydrogen-bond acceptors (Lipinski definition) is 17. The number of guanidine groups is 1. The van der Waals surface area contributed by atoms with Gasteiger partial charge in [0.05, 0.1) is 65.5 Å². The van der Waals surface area contributed by atoms with Gasteiger partial charge in [-0.2, -0.15) is 0 Å². The summed E-state index contributed by atoms with van der Waals surface area (Å²) in [5.74, 6) is -6.70. The number of carbonyl (C=O) groups is 10. The summed E-state index contributed by atoms with van der Waals surface area (Å²) in [4.78, 5) is 145. The minimum absolute atomic E-state index is 0.00634. The van der Waals surface area contributed by atoms with E-state index in [1.165, 1.54) is 70.6 Å². The number of nitrogens with two attached hydrogens (primary N) is 2. The Balaban J connectivity index is 1.17. The third-order valence-electron chi connectivity index (χ3n) is 18.7. The number of fused-ring (bicyclic) bond motifs is 2. The Morgan fingerprint density at radius 2 is 1.21 bits per heavy atom. The summed E-state index contributed by atoms with van der Waals surface area (Å²) in [5, 5.41) is 45.0. The first-order chi connectivity index (χ1) is 50.9. The van der Waals surface area contributed by atoms with Gasteiger partial charge in [-0.3, -0.25) is 53.4 Å². The van der Waals surface area contributed by atoms with Gasteiger partial charge in [-0.05, 0) is 75.1 Å². The van der Waals surface area contributed by atoms with E-state index in [0.29, 0.717) is 89.4 Å². The lowest BCUT2D eigenvalue weighted by Crippen LogP contribution is -2.60. The van der Waals surface area contributed by atoms with Gasteiger partial charge in [0.25, 0.3) is 0 Å². The van der Waals surface area contributed by atoms with E-state index in [9.17, 15) is 48.3 Å². The van der Waals surface area contributed by atoms with Crippen LogP contribution in [0.15, 0.2) is 60.8 Å². The van der Waals surface area contributed by atoms with E-state index in [1.807, 2.05) is 31.2 Å². The summed E-state index contributed by atoms with van der Waals surface area (Å²) >= 11 is 0. The topological polar surface area (TPSA) is 431 Å². The molecule has 2 aromatic carbocycles. The van der Waals surface area contributed by atoms with Crippen LogP contribution in [0.5, 0.6) is 0 Å². The molecule has 0 spiro atoms. The molecule has 29 nitrogen and oxygen atoms in total. The fraction of sp³-hybridized carbons (Fsp3) is 0.671. The van der Waals surface area contributed by atoms with Crippen LogP contribution in [-0.2, 0) is 79.7 Å². The van der Waals surface area contributed by atoms with Crippen LogP contribution in [0.3, 0.4) is 0 Å². The summed E-state index contributed by atoms with van der Waals surface area (Å²) in [6.07, 6.45) is 18.7. The number of para-hydroxylation sites is 1. The molecule has 0 radical (unpaired) electrons. The average molecular weight is 1470 g/mol. The van der Waals surface area contributed by atoms with Crippen molar-refractivity contribution in [2.75, 3.05) is 85.6 Å². The fourth-order valence-electron chi connectivity index (χ4n) is 12.7. The highest BCUT2D eigenvalue weighted by Crippen LogP contribution is 2.23. The fourth-order valence-corrected chi connectivity index (χ4v) is 12.7. The minimum Gasteiger partial charge on any atom is -0.391 e. The van der Waals surface area contributed by atoms with Crippen molar-refractivity contribution < 1.29 is 72.0 Å². The van der Waals surface area contributed by atoms with Crippen LogP contribution in [0.4, 0.5) is 0 Å². The van der Waals surface area contributed by atoms with Gasteiger partial charge in [-0.1, -0.05) is 152 Å². The van der Waals surface area contributed by atoms with Crippen LogP contribution in [-0.4, -0.2) is 214 Å². The highest BCUT2D eigenvalue weighted by molar-refractivity contribution is 5.98. The lowest BCUT2D eigenvalue weighted by molar-refractivity contribution is -0.143. The number of primary amides is 1. The third kappa shape index (κ3) is 35.7. The number of aliphatic hydroxyl groups is 1. The molecular formula is C76H122N14O15. The van der Waals surface area contributed by atoms with Crippen LogP contribution in [0.1, 0.15) is 192 Å². The number of aliphatic hydroxyl groups excluding tert-OH is 1. The number of nitrogens with one attached hydrogen (secondary N) is 11. The molecule has 105 heavy (non-hydrogen) atoms. The van der Waals surface area contributed by atoms with E-state index in [-0.39, 0.29) is 121 Å². The molecule has 2 fully saturated rings. The van der Waals surface area contributed by atoms with Crippen molar-refractivity contribution in [2.24, 2.45) is 11.5 Å². The van der Waals surface area contributed by atoms with Crippen LogP contribution in [0.25, 0.3) is 10.9 Å². The van der Waals surface area contributed by atoms with Crippen molar-refractivity contribution in [3.63, 3.8) is 0 Å². The van der Waals surface area contributed by atoms with Crippen molar-refractivity contribution in [1.82, 2.24) is 57.7 Å². The summed E-state index contributed by atoms with van der Waals surface area (Å²) in [5.41, 5.74) is 13.5. The predicted octanol–water partition coefficient (Wildman–Crippen LogP) is 3.94. The zero-order valence-electron chi connectivity index (χ0n) is 62.1. The normalized spacial score (nSPS) is 20.1. The Kier molecular flexibility index (Phi) is 43.3. The second-order valence-corrected chi connectivity index (χ2v) is 27.4. The van der Waals surface area contributed by atoms with Crippen LogP contribution in [0, 0.1) is 5.41 Å². The van der Waals surface area contributed by atoms with E-state index in [4.69, 9.17) is 35.8 Å². The summed E-state index contributed by atoms with van der Waals surface area (Å²) in [7, 11) is 0. The van der Waals surface area contributed by atoms with Gasteiger partial charge in [0.2, 0.25) is 53.2 Å². The highest BCUT2D eigenvalue weighted by atomic mass is 16.6. The van der Waals surface area contributed by atoms with E-state index in [0.717, 1.165) is 28.6 Å². The van der Waals surface area contributed by atoms with Crippen molar-refractivity contribution >= 4 is 75.8 Å². The maximum absolute atomic E-state index is 15.0. The average Bonchev–Trinajstić information content (AvgIpc) is 1.70. The number of carbonyl (C=O) groups excluding carboxylic acids is 10. The highest BCUT2D eigenvalue weighted by Gasteiger charge is 2.43. The molecule has 3 heterocycles. The number of benzene rings is 2. The Labute approximate surface area is 619 Å². The van der Waals surface area contributed by atoms with Gasteiger partial charge in [0, 0.05) is 75.3 Å². The molecule has 5 rings (SSSR count). The van der Waals surface area contributed by atoms with Gasteiger partial charge in [-0.15, -0.1) is 0 Å². The third-order valence-corrected chi connectivity index (χ3v) is 18.7. The molecule has 3 aromatic rings. The van der Waals surface area contributed by atoms with Gasteiger partial charge in [-0.25, -0.2) is 0 Å². The molecule has 0 saturated carbocycles. The lowest BCUT2D eigenvalue weighted by atomic mass is 10.0. The van der Waals surface area contributed by atoms with Crippen molar-refractivity contribution in [3.8, 4) is 0 Å². The standard InChI is InChI=1S/C76H122N14O15/c1-3-5-7-8-9-10-11-12-13-14-15-16-20-33-67(93)81-39-41-103-43-45-105-47-46-104-44-42-102-40-36-68(94)84-61(29-6-4-2)70(96)87-63-35-34-56(91)52-80-37-24-23-31-60(69(77)95)85-73(99)65(49-55-51-83-59-30-22-21-28-58(55)59)88-71(97)62(32-25-38-82-76(78)79)86-72(98)64(48-54-26-18-17-19-27-54)89-74(100)66-50-57(92)53-90(66)75(63)101/h17-19,21-22,26-28,30,51,57,60-66,80,83,92H,3-16,20,23-25,29,31-50,52-53H2,1-2H3,(H2,77,95)(H,81,93)(H,84,94)(H,85,99)(H,86,98)(H,87,96)(H,88,97)(H,89,100)(H4,78,79,82)/t57-,60+,61+,62+,63+,64-,65+,66+/m1/s1. The second kappa shape index (κ2) is 52.0. The van der Waals surface area contributed by atoms with Gasteiger partial charge in [0.1, 0.15) is 48.1 Å². The quantitative estimate of drug-likeness (QED) is 0.0216. The first kappa shape index (κ1) is 87.5. The molecule has 1 aromatic heterocycles. The number of amides is 9. The molecule has 2 saturated heterocycles. The van der Waals surface area contributed by atoms with E-state index in [2.05, 4.69) is 59.8 Å². The van der Waals surface area contributed by atoms with Crippen molar-refractivity contribution in [1.29, 1.82) is 5.41 Å². The summed E-state index contributed by atoms with van der Waals surface area (Å²) in [6, 6.07) is 6.74. The van der Waals surface area contributed by atoms with Gasteiger partial charge in [0.15, 0.2) is 5.96 Å². The Morgan fingerprint density at radius 3 is 1.88 bits per heavy atom. The zero-order chi connectivity index (χ0) is 75.8. The Morgan fingerprint density at radius 1 is 0.619 bits per heavy atom. The first-order valence-corrected chi connectivity index (χ1v) is 38.4. The van der Waals surface area contributed by atoms with Crippen LogP contribution < -0.4 is 59.3 Å². The SMILES string of the molecule is CCCCCCCCCCCCCCCC(=O)NCCOCCOCCOCCOCCC(=O)N[C@@H](CCCC)C(=O)N[C@H]1CCC(=O)CNCCCC[C@@H](C(N)=O)NC(=O)[C@H](Cc2c[nH]c3ccccc23)NC(=O)[C@H](CCCNC(=N)N)NC(=O)[C@@H](Cc2ccccc2)NC(=O)[C@@H]2C[C@@H](O)CN2C1=O. The van der Waals surface area contributed by atoms with Crippen molar-refractivity contribution in [3.05, 3.63) is 71.9 Å². The van der Waals surface area contributed by atoms with Gasteiger partial charge < -0.3 is 93.3 Å². The first-order valence-electron chi connectivity index (χ1n) is 38.4. The van der Waals surface area contributed by atoms with Crippen molar-refractivity contribution in [2.45, 2.75) is 242 Å². The van der Waals surface area contributed by atoms with Crippen LogP contribution in [0.2, 0.25) is 0 Å². The molecule has 0 unspecified atom stereocenters. The van der Waals surface area contributed by atoms with Gasteiger partial charge >= 0.3 is 0 Å². The molecule has 0 aliphatic carbocycles. The molecule has 29 heteroatoms. The number of H-pyrrole nitrogens is 1. The number of aromatic amines is 1. The number of nitrogens with zero attached hydrogens (tertiary/aromatic N) is 1. The Bertz CT molecular complexity index is 3100. The molecule has 8 atom stereocenters. The minimum atomic E-state index is -1.45. The predicted molar refractivity (Wildman–Crippen MR) is 400 cm³/mol. The number of hydrogen-bond donors (Lipinski definition) is 14. The molecule has 2 aliphatic rings. The molecule has 0 bridgehead atoms. The monoisotopic (exact) mass is 1470 g/mol. The summed E-state index contributed by atoms with van der Waals surface area (Å²) < 4.78 is 22.5. The Hall–Kier alpha value is -8.09. The maximum Gasteiger partial charge on any atom is 0.245 e. The zero-order valence-corrected chi connectivity index (χ0v) is 62.1. The number of ketones is 1. The lowest BCUT2D eigenvalue weighted by Gasteiger charge is -2.31. The molecule has 16 N–H and O–H groups in total. The number of unbranched alkanes of at least 4 members (excludes halogenated alkanes) is 13. The smallest absolute Gasteiger partial charge is 0.245 e. The van der Waals surface area contributed by atoms with Crippen LogP contribution >= 0.6 is 0 Å². The van der Waals surface area contributed by atoms with E-state index < -0.39 is 95.7 Å². The molecular weight excluding hydrogens is 1350 g/mol. The number of ether oxygens (including phenoxy) is 4. The molecule has 9 amide bonds.